The van der Waals surface area contributed by atoms with Crippen molar-refractivity contribution in [2.45, 2.75) is 63.4 Å². The lowest BCUT2D eigenvalue weighted by Crippen LogP contribution is -2.47. The highest BCUT2D eigenvalue weighted by Crippen LogP contribution is 2.39. The molecule has 1 rings (SSSR count). The standard InChI is InChI=1S/C13H22F3NO4S/c1-8(2)7-11(12(18)19)17-22(20,21)10-5-3-9(4-6-10)13(14,15)16/h8-11,17H,3-7H2,1-2H3,(H,18,19). The Hall–Kier alpha value is -0.830. The van der Waals surface area contributed by atoms with Crippen LogP contribution in [0.1, 0.15) is 46.0 Å². The van der Waals surface area contributed by atoms with Crippen molar-refractivity contribution in [2.24, 2.45) is 11.8 Å². The molecule has 1 aliphatic carbocycles. The van der Waals surface area contributed by atoms with E-state index in [1.165, 1.54) is 0 Å². The molecule has 0 bridgehead atoms. The van der Waals surface area contributed by atoms with Gasteiger partial charge in [-0.05, 0) is 38.0 Å². The maximum atomic E-state index is 12.6. The number of nitrogens with one attached hydrogen (secondary N) is 1. The van der Waals surface area contributed by atoms with E-state index < -0.39 is 39.4 Å². The summed E-state index contributed by atoms with van der Waals surface area (Å²) in [7, 11) is -3.94. The molecule has 1 atom stereocenters. The number of sulfonamides is 1. The van der Waals surface area contributed by atoms with E-state index in [0.717, 1.165) is 0 Å². The van der Waals surface area contributed by atoms with Crippen molar-refractivity contribution < 1.29 is 31.5 Å². The van der Waals surface area contributed by atoms with Crippen LogP contribution in [-0.2, 0) is 14.8 Å². The normalized spacial score (nSPS) is 25.2. The molecule has 1 fully saturated rings. The first-order chi connectivity index (χ1) is 9.93. The Labute approximate surface area is 128 Å². The van der Waals surface area contributed by atoms with Gasteiger partial charge in [-0.3, -0.25) is 4.79 Å². The van der Waals surface area contributed by atoms with Crippen LogP contribution in [-0.4, -0.2) is 37.0 Å². The molecule has 0 aromatic heterocycles. The van der Waals surface area contributed by atoms with Crippen LogP contribution < -0.4 is 4.72 Å². The molecule has 9 heteroatoms. The number of aliphatic carboxylic acids is 1. The van der Waals surface area contributed by atoms with Gasteiger partial charge < -0.3 is 5.11 Å². The van der Waals surface area contributed by atoms with E-state index in [1.807, 2.05) is 0 Å². The summed E-state index contributed by atoms with van der Waals surface area (Å²) in [5, 5.41) is 8.10. The van der Waals surface area contributed by atoms with Crippen molar-refractivity contribution >= 4 is 16.0 Å². The van der Waals surface area contributed by atoms with Gasteiger partial charge in [-0.2, -0.15) is 13.2 Å². The molecule has 22 heavy (non-hydrogen) atoms. The highest BCUT2D eigenvalue weighted by molar-refractivity contribution is 7.90. The summed E-state index contributed by atoms with van der Waals surface area (Å²) in [6.07, 6.45) is -4.86. The summed E-state index contributed by atoms with van der Waals surface area (Å²) < 4.78 is 64.2. The topological polar surface area (TPSA) is 83.5 Å². The fourth-order valence-corrected chi connectivity index (χ4v) is 4.34. The molecule has 1 aliphatic rings. The fourth-order valence-electron chi connectivity index (χ4n) is 2.67. The summed E-state index contributed by atoms with van der Waals surface area (Å²) in [6, 6.07) is -1.25. The molecule has 0 spiro atoms. The lowest BCUT2D eigenvalue weighted by atomic mass is 9.88. The second-order valence-electron chi connectivity index (χ2n) is 6.20. The minimum Gasteiger partial charge on any atom is -0.480 e. The number of hydrogen-bond acceptors (Lipinski definition) is 3. The van der Waals surface area contributed by atoms with Crippen LogP contribution in [0.4, 0.5) is 13.2 Å². The molecule has 5 nitrogen and oxygen atoms in total. The van der Waals surface area contributed by atoms with E-state index in [1.54, 1.807) is 13.8 Å². The number of carboxylic acids is 1. The van der Waals surface area contributed by atoms with Gasteiger partial charge >= 0.3 is 12.1 Å². The zero-order chi connectivity index (χ0) is 17.1. The van der Waals surface area contributed by atoms with Gasteiger partial charge in [0.25, 0.3) is 0 Å². The second-order valence-corrected chi connectivity index (χ2v) is 8.19. The Morgan fingerprint density at radius 3 is 2.09 bits per heavy atom. The largest absolute Gasteiger partial charge is 0.480 e. The highest BCUT2D eigenvalue weighted by atomic mass is 32.2. The van der Waals surface area contributed by atoms with Crippen LogP contribution >= 0.6 is 0 Å². The Morgan fingerprint density at radius 2 is 1.73 bits per heavy atom. The third kappa shape index (κ3) is 5.42. The van der Waals surface area contributed by atoms with Crippen LogP contribution in [0.25, 0.3) is 0 Å². The zero-order valence-electron chi connectivity index (χ0n) is 12.6. The lowest BCUT2D eigenvalue weighted by molar-refractivity contribution is -0.181. The van der Waals surface area contributed by atoms with Gasteiger partial charge in [0.1, 0.15) is 6.04 Å². The van der Waals surface area contributed by atoms with E-state index in [4.69, 9.17) is 5.11 Å². The molecule has 1 unspecified atom stereocenters. The Kier molecular flexibility index (Phi) is 6.26. The van der Waals surface area contributed by atoms with Crippen molar-refractivity contribution in [3.05, 3.63) is 0 Å². The van der Waals surface area contributed by atoms with Crippen molar-refractivity contribution in [2.75, 3.05) is 0 Å². The molecule has 0 aromatic rings. The SMILES string of the molecule is CC(C)CC(NS(=O)(=O)C1CCC(C(F)(F)F)CC1)C(=O)O. The molecule has 2 N–H and O–H groups in total. The van der Waals surface area contributed by atoms with E-state index in [0.29, 0.717) is 0 Å². The molecule has 0 aromatic carbocycles. The molecule has 0 amide bonds. The minimum atomic E-state index is -4.30. The van der Waals surface area contributed by atoms with E-state index in [9.17, 15) is 26.4 Å². The average Bonchev–Trinajstić information content (AvgIpc) is 2.36. The summed E-state index contributed by atoms with van der Waals surface area (Å²) in [5.74, 6) is -2.77. The third-order valence-corrected chi connectivity index (χ3v) is 5.85. The molecular formula is C13H22F3NO4S. The maximum Gasteiger partial charge on any atom is 0.391 e. The van der Waals surface area contributed by atoms with E-state index in [2.05, 4.69) is 4.72 Å². The fraction of sp³-hybridized carbons (Fsp3) is 0.923. The van der Waals surface area contributed by atoms with Crippen LogP contribution in [0.3, 0.4) is 0 Å². The Balaban J connectivity index is 2.69. The lowest BCUT2D eigenvalue weighted by Gasteiger charge is -2.30. The van der Waals surface area contributed by atoms with Crippen molar-refractivity contribution in [1.82, 2.24) is 4.72 Å². The summed E-state index contributed by atoms with van der Waals surface area (Å²) in [4.78, 5) is 11.1. The Morgan fingerprint density at radius 1 is 1.23 bits per heavy atom. The number of rotatable bonds is 6. The van der Waals surface area contributed by atoms with Crippen LogP contribution in [0, 0.1) is 11.8 Å². The Bertz CT molecular complexity index is 482. The minimum absolute atomic E-state index is 0.0234. The van der Waals surface area contributed by atoms with Crippen molar-refractivity contribution in [3.63, 3.8) is 0 Å². The predicted molar refractivity (Wildman–Crippen MR) is 74.7 cm³/mol. The summed E-state index contributed by atoms with van der Waals surface area (Å²) in [5.41, 5.74) is 0. The van der Waals surface area contributed by atoms with Crippen LogP contribution in [0.5, 0.6) is 0 Å². The number of halogens is 3. The van der Waals surface area contributed by atoms with Gasteiger partial charge in [-0.1, -0.05) is 13.8 Å². The molecule has 0 saturated heterocycles. The summed E-state index contributed by atoms with van der Waals surface area (Å²) >= 11 is 0. The molecule has 130 valence electrons. The van der Waals surface area contributed by atoms with Gasteiger partial charge in [0, 0.05) is 0 Å². The van der Waals surface area contributed by atoms with Gasteiger partial charge in [0.2, 0.25) is 10.0 Å². The van der Waals surface area contributed by atoms with E-state index >= 15 is 0 Å². The first kappa shape index (κ1) is 19.2. The first-order valence-electron chi connectivity index (χ1n) is 7.24. The third-order valence-electron chi connectivity index (χ3n) is 3.89. The van der Waals surface area contributed by atoms with Gasteiger partial charge in [-0.15, -0.1) is 0 Å². The molecule has 0 radical (unpaired) electrons. The summed E-state index contributed by atoms with van der Waals surface area (Å²) in [6.45, 7) is 3.53. The van der Waals surface area contributed by atoms with Crippen LogP contribution in [0.2, 0.25) is 0 Å². The highest BCUT2D eigenvalue weighted by Gasteiger charge is 2.44. The van der Waals surface area contributed by atoms with Crippen LogP contribution in [0.15, 0.2) is 0 Å². The van der Waals surface area contributed by atoms with Crippen molar-refractivity contribution in [3.8, 4) is 0 Å². The predicted octanol–water partition coefficient (Wildman–Crippen LogP) is 2.53. The number of hydrogen-bond donors (Lipinski definition) is 2. The van der Waals surface area contributed by atoms with E-state index in [-0.39, 0.29) is 38.0 Å². The molecule has 0 heterocycles. The average molecular weight is 345 g/mol. The van der Waals surface area contributed by atoms with Crippen molar-refractivity contribution in [1.29, 1.82) is 0 Å². The molecular weight excluding hydrogens is 323 g/mol. The molecule has 0 aliphatic heterocycles. The second kappa shape index (κ2) is 7.16. The number of carbonyl (C=O) groups is 1. The molecule has 1 saturated carbocycles. The van der Waals surface area contributed by atoms with Gasteiger partial charge in [-0.25, -0.2) is 13.1 Å². The number of carboxylic acid groups (broad SMARTS) is 1. The van der Waals surface area contributed by atoms with Gasteiger partial charge in [0.05, 0.1) is 11.2 Å². The first-order valence-corrected chi connectivity index (χ1v) is 8.78. The number of alkyl halides is 3. The monoisotopic (exact) mass is 345 g/mol. The van der Waals surface area contributed by atoms with Gasteiger partial charge in [0.15, 0.2) is 0 Å². The zero-order valence-corrected chi connectivity index (χ0v) is 13.4. The maximum absolute atomic E-state index is 12.6. The smallest absolute Gasteiger partial charge is 0.391 e. The quantitative estimate of drug-likeness (QED) is 0.775.